The lowest BCUT2D eigenvalue weighted by molar-refractivity contribution is -0.110. The quantitative estimate of drug-likeness (QED) is 0.750. The van der Waals surface area contributed by atoms with E-state index in [-0.39, 0.29) is 5.92 Å². The molecule has 0 radical (unpaired) electrons. The minimum Gasteiger partial charge on any atom is -0.316 e. The summed E-state index contributed by atoms with van der Waals surface area (Å²) in [4.78, 5) is 12.1. The van der Waals surface area contributed by atoms with Gasteiger partial charge < -0.3 is 15.0 Å². The minimum atomic E-state index is 0.204. The Bertz CT molecular complexity index is 193. The summed E-state index contributed by atoms with van der Waals surface area (Å²) < 4.78 is 0. The number of likely N-dealkylation sites (N-methyl/N-ethyl adjacent to an activating group) is 1. The Morgan fingerprint density at radius 1 is 1.35 bits per heavy atom. The average molecular weight is 242 g/mol. The summed E-state index contributed by atoms with van der Waals surface area (Å²) in [6, 6.07) is 0.747. The predicted molar refractivity (Wildman–Crippen MR) is 74.3 cm³/mol. The standard InChI is InChI=1S/C10H22N2.C4H8O/c1-9(2)4-6-12-7-5-10(8-12)11-3;1-4(2)3-5/h9-11H,4-8H2,1-3H3;3-4H,1-2H3. The van der Waals surface area contributed by atoms with E-state index in [1.165, 1.54) is 32.5 Å². The maximum absolute atomic E-state index is 9.50. The summed E-state index contributed by atoms with van der Waals surface area (Å²) in [5.41, 5.74) is 0. The Labute approximate surface area is 107 Å². The third-order valence-electron chi connectivity index (χ3n) is 2.98. The molecule has 1 aliphatic rings. The maximum atomic E-state index is 9.50. The zero-order valence-corrected chi connectivity index (χ0v) is 12.2. The molecule has 0 aromatic heterocycles. The molecule has 1 unspecified atom stereocenters. The van der Waals surface area contributed by atoms with Gasteiger partial charge in [0.15, 0.2) is 0 Å². The molecule has 1 fully saturated rings. The molecular weight excluding hydrogens is 212 g/mol. The van der Waals surface area contributed by atoms with Crippen LogP contribution < -0.4 is 5.32 Å². The van der Waals surface area contributed by atoms with E-state index in [2.05, 4.69) is 31.1 Å². The summed E-state index contributed by atoms with van der Waals surface area (Å²) >= 11 is 0. The van der Waals surface area contributed by atoms with Gasteiger partial charge in [-0.15, -0.1) is 0 Å². The van der Waals surface area contributed by atoms with E-state index < -0.39 is 0 Å². The van der Waals surface area contributed by atoms with Crippen LogP contribution in [0.3, 0.4) is 0 Å². The van der Waals surface area contributed by atoms with Crippen molar-refractivity contribution in [1.82, 2.24) is 10.2 Å². The van der Waals surface area contributed by atoms with Crippen LogP contribution >= 0.6 is 0 Å². The van der Waals surface area contributed by atoms with E-state index >= 15 is 0 Å². The normalized spacial score (nSPS) is 20.5. The molecule has 1 heterocycles. The molecule has 0 aromatic carbocycles. The van der Waals surface area contributed by atoms with E-state index in [1.54, 1.807) is 0 Å². The van der Waals surface area contributed by atoms with E-state index in [0.29, 0.717) is 0 Å². The van der Waals surface area contributed by atoms with Crippen molar-refractivity contribution >= 4 is 6.29 Å². The number of nitrogens with one attached hydrogen (secondary N) is 1. The van der Waals surface area contributed by atoms with Gasteiger partial charge in [0.2, 0.25) is 0 Å². The fourth-order valence-electron chi connectivity index (χ4n) is 1.71. The molecule has 0 amide bonds. The van der Waals surface area contributed by atoms with Crippen LogP contribution in [0.15, 0.2) is 0 Å². The molecule has 102 valence electrons. The van der Waals surface area contributed by atoms with Crippen LogP contribution in [0.4, 0.5) is 0 Å². The number of rotatable bonds is 5. The van der Waals surface area contributed by atoms with Crippen LogP contribution in [0.5, 0.6) is 0 Å². The monoisotopic (exact) mass is 242 g/mol. The average Bonchev–Trinajstić information content (AvgIpc) is 2.75. The maximum Gasteiger partial charge on any atom is 0.122 e. The summed E-state index contributed by atoms with van der Waals surface area (Å²) in [5.74, 6) is 1.05. The molecule has 1 atom stereocenters. The number of carbonyl (C=O) groups is 1. The molecule has 3 nitrogen and oxygen atoms in total. The third kappa shape index (κ3) is 9.31. The first-order valence-electron chi connectivity index (χ1n) is 6.84. The number of likely N-dealkylation sites (tertiary alicyclic amines) is 1. The zero-order valence-electron chi connectivity index (χ0n) is 12.2. The summed E-state index contributed by atoms with van der Waals surface area (Å²) in [5, 5.41) is 3.34. The number of aldehydes is 1. The molecule has 0 saturated carbocycles. The minimum absolute atomic E-state index is 0.204. The summed E-state index contributed by atoms with van der Waals surface area (Å²) in [6.45, 7) is 12.1. The predicted octanol–water partition coefficient (Wildman–Crippen LogP) is 2.17. The zero-order chi connectivity index (χ0) is 13.3. The van der Waals surface area contributed by atoms with Gasteiger partial charge in [0.25, 0.3) is 0 Å². The number of hydrogen-bond donors (Lipinski definition) is 1. The molecule has 0 spiro atoms. The van der Waals surface area contributed by atoms with Crippen LogP contribution in [0, 0.1) is 11.8 Å². The van der Waals surface area contributed by atoms with Crippen LogP contribution in [-0.4, -0.2) is 43.9 Å². The molecule has 0 aromatic rings. The first-order valence-corrected chi connectivity index (χ1v) is 6.84. The molecule has 1 saturated heterocycles. The lowest BCUT2D eigenvalue weighted by Crippen LogP contribution is -2.30. The molecule has 1 N–H and O–H groups in total. The van der Waals surface area contributed by atoms with Crippen LogP contribution in [0.1, 0.15) is 40.5 Å². The first-order chi connectivity index (χ1) is 7.99. The third-order valence-corrected chi connectivity index (χ3v) is 2.98. The first kappa shape index (κ1) is 16.6. The summed E-state index contributed by atoms with van der Waals surface area (Å²) in [6.07, 6.45) is 3.59. The largest absolute Gasteiger partial charge is 0.316 e. The lowest BCUT2D eigenvalue weighted by atomic mass is 10.1. The van der Waals surface area contributed by atoms with Gasteiger partial charge in [-0.25, -0.2) is 0 Å². The number of carbonyl (C=O) groups excluding carboxylic acids is 1. The van der Waals surface area contributed by atoms with Gasteiger partial charge in [-0.1, -0.05) is 27.7 Å². The Morgan fingerprint density at radius 3 is 2.29 bits per heavy atom. The molecule has 3 heteroatoms. The van der Waals surface area contributed by atoms with Gasteiger partial charge >= 0.3 is 0 Å². The highest BCUT2D eigenvalue weighted by Gasteiger charge is 2.19. The summed E-state index contributed by atoms with van der Waals surface area (Å²) in [7, 11) is 2.07. The molecule has 0 bridgehead atoms. The van der Waals surface area contributed by atoms with Gasteiger partial charge in [0.05, 0.1) is 0 Å². The molecule has 17 heavy (non-hydrogen) atoms. The van der Waals surface area contributed by atoms with E-state index in [1.807, 2.05) is 13.8 Å². The lowest BCUT2D eigenvalue weighted by Gasteiger charge is -2.16. The van der Waals surface area contributed by atoms with Crippen LogP contribution in [0.25, 0.3) is 0 Å². The van der Waals surface area contributed by atoms with Crippen molar-refractivity contribution in [2.45, 2.75) is 46.6 Å². The second-order valence-corrected chi connectivity index (χ2v) is 5.64. The topological polar surface area (TPSA) is 32.3 Å². The second kappa shape index (κ2) is 9.60. The fourth-order valence-corrected chi connectivity index (χ4v) is 1.71. The highest BCUT2D eigenvalue weighted by molar-refractivity contribution is 5.51. The van der Waals surface area contributed by atoms with Gasteiger partial charge in [-0.05, 0) is 38.9 Å². The number of hydrogen-bond acceptors (Lipinski definition) is 3. The highest BCUT2D eigenvalue weighted by Crippen LogP contribution is 2.10. The van der Waals surface area contributed by atoms with Crippen LogP contribution in [-0.2, 0) is 4.79 Å². The van der Waals surface area contributed by atoms with Gasteiger partial charge in [0.1, 0.15) is 6.29 Å². The Morgan fingerprint density at radius 2 is 1.94 bits per heavy atom. The van der Waals surface area contributed by atoms with Crippen molar-refractivity contribution < 1.29 is 4.79 Å². The van der Waals surface area contributed by atoms with Crippen molar-refractivity contribution in [3.63, 3.8) is 0 Å². The van der Waals surface area contributed by atoms with Crippen molar-refractivity contribution in [3.05, 3.63) is 0 Å². The van der Waals surface area contributed by atoms with Crippen LogP contribution in [0.2, 0.25) is 0 Å². The second-order valence-electron chi connectivity index (χ2n) is 5.64. The Kier molecular flexibility index (Phi) is 9.37. The van der Waals surface area contributed by atoms with Gasteiger partial charge in [0, 0.05) is 18.5 Å². The van der Waals surface area contributed by atoms with Gasteiger partial charge in [-0.3, -0.25) is 0 Å². The SMILES string of the molecule is CC(C)C=O.CNC1CCN(CCC(C)C)C1. The molecule has 1 rings (SSSR count). The smallest absolute Gasteiger partial charge is 0.122 e. The van der Waals surface area contributed by atoms with E-state index in [4.69, 9.17) is 0 Å². The number of nitrogens with zero attached hydrogens (tertiary/aromatic N) is 1. The Balaban J connectivity index is 0.000000437. The molecular formula is C14H30N2O. The van der Waals surface area contributed by atoms with E-state index in [0.717, 1.165) is 18.2 Å². The van der Waals surface area contributed by atoms with Crippen molar-refractivity contribution in [3.8, 4) is 0 Å². The van der Waals surface area contributed by atoms with Crippen molar-refractivity contribution in [1.29, 1.82) is 0 Å². The molecule has 0 aliphatic carbocycles. The van der Waals surface area contributed by atoms with Crippen molar-refractivity contribution in [2.75, 3.05) is 26.7 Å². The Hall–Kier alpha value is -0.410. The fraction of sp³-hybridized carbons (Fsp3) is 0.929. The van der Waals surface area contributed by atoms with E-state index in [9.17, 15) is 4.79 Å². The van der Waals surface area contributed by atoms with Gasteiger partial charge in [-0.2, -0.15) is 0 Å². The van der Waals surface area contributed by atoms with Crippen molar-refractivity contribution in [2.24, 2.45) is 11.8 Å². The molecule has 1 aliphatic heterocycles. The highest BCUT2D eigenvalue weighted by atomic mass is 16.1.